The van der Waals surface area contributed by atoms with Gasteiger partial charge in [0.1, 0.15) is 5.60 Å². The molecule has 25 heavy (non-hydrogen) atoms. The van der Waals surface area contributed by atoms with Crippen LogP contribution in [0.15, 0.2) is 46.0 Å². The second-order valence-electron chi connectivity index (χ2n) is 6.26. The number of rotatable bonds is 7. The molecule has 2 rings (SSSR count). The summed E-state index contributed by atoms with van der Waals surface area (Å²) in [4.78, 5) is 11.5. The van der Waals surface area contributed by atoms with Gasteiger partial charge in [-0.2, -0.15) is 0 Å². The maximum absolute atomic E-state index is 11.5. The quantitative estimate of drug-likeness (QED) is 0.753. The molecular formula is C18H23N3O3S. The van der Waals surface area contributed by atoms with Gasteiger partial charge in [-0.1, -0.05) is 54.2 Å². The summed E-state index contributed by atoms with van der Waals surface area (Å²) < 4.78 is 10.7. The van der Waals surface area contributed by atoms with Crippen LogP contribution in [-0.4, -0.2) is 34.2 Å². The van der Waals surface area contributed by atoms with Crippen molar-refractivity contribution in [2.75, 3.05) is 12.3 Å². The molecule has 0 aliphatic heterocycles. The lowest BCUT2D eigenvalue weighted by molar-refractivity contribution is 0.0528. The van der Waals surface area contributed by atoms with E-state index < -0.39 is 11.7 Å². The highest BCUT2D eigenvalue weighted by Gasteiger charge is 2.15. The lowest BCUT2D eigenvalue weighted by Crippen LogP contribution is -2.33. The van der Waals surface area contributed by atoms with Gasteiger partial charge in [-0.25, -0.2) is 4.79 Å². The Morgan fingerprint density at radius 1 is 1.28 bits per heavy atom. The third-order valence-electron chi connectivity index (χ3n) is 2.87. The maximum atomic E-state index is 11.5. The zero-order valence-electron chi connectivity index (χ0n) is 14.7. The molecule has 6 nitrogen and oxygen atoms in total. The van der Waals surface area contributed by atoms with Crippen LogP contribution in [-0.2, 0) is 11.2 Å². The minimum absolute atomic E-state index is 0.384. The molecule has 0 bridgehead atoms. The van der Waals surface area contributed by atoms with Crippen LogP contribution in [0.5, 0.6) is 0 Å². The predicted molar refractivity (Wildman–Crippen MR) is 98.4 cm³/mol. The lowest BCUT2D eigenvalue weighted by Gasteiger charge is -2.19. The van der Waals surface area contributed by atoms with Gasteiger partial charge in [0.05, 0.1) is 0 Å². The van der Waals surface area contributed by atoms with E-state index in [1.165, 1.54) is 11.8 Å². The molecule has 134 valence electrons. The van der Waals surface area contributed by atoms with Crippen molar-refractivity contribution in [1.29, 1.82) is 0 Å². The Labute approximate surface area is 152 Å². The summed E-state index contributed by atoms with van der Waals surface area (Å²) in [6.07, 6.45) is 4.11. The van der Waals surface area contributed by atoms with Crippen molar-refractivity contribution in [1.82, 2.24) is 15.5 Å². The van der Waals surface area contributed by atoms with Crippen LogP contribution < -0.4 is 5.32 Å². The smallest absolute Gasteiger partial charge is 0.407 e. The summed E-state index contributed by atoms with van der Waals surface area (Å²) in [5.41, 5.74) is 0.647. The van der Waals surface area contributed by atoms with E-state index in [2.05, 4.69) is 21.6 Å². The van der Waals surface area contributed by atoms with Crippen LogP contribution >= 0.6 is 11.8 Å². The first kappa shape index (κ1) is 19.1. The third kappa shape index (κ3) is 7.89. The lowest BCUT2D eigenvalue weighted by atomic mass is 10.2. The molecule has 0 saturated heterocycles. The van der Waals surface area contributed by atoms with Crippen LogP contribution in [0.4, 0.5) is 4.79 Å². The fourth-order valence-corrected chi connectivity index (χ4v) is 2.44. The minimum atomic E-state index is -0.508. The highest BCUT2D eigenvalue weighted by Crippen LogP contribution is 2.16. The molecule has 1 amide bonds. The first-order valence-corrected chi connectivity index (χ1v) is 9.04. The fourth-order valence-electron chi connectivity index (χ4n) is 1.85. The number of nitrogens with zero attached hydrogens (tertiary/aromatic N) is 2. The number of ether oxygens (including phenoxy) is 1. The van der Waals surface area contributed by atoms with Crippen molar-refractivity contribution < 1.29 is 13.9 Å². The van der Waals surface area contributed by atoms with Crippen molar-refractivity contribution in [2.45, 2.75) is 38.0 Å². The monoisotopic (exact) mass is 361 g/mol. The van der Waals surface area contributed by atoms with E-state index in [1.54, 1.807) is 0 Å². The number of alkyl carbamates (subject to hydrolysis) is 1. The largest absolute Gasteiger partial charge is 0.444 e. The second kappa shape index (κ2) is 9.27. The summed E-state index contributed by atoms with van der Waals surface area (Å²) in [5, 5.41) is 11.1. The van der Waals surface area contributed by atoms with Gasteiger partial charge in [-0.05, 0) is 26.3 Å². The first-order valence-electron chi connectivity index (χ1n) is 8.06. The van der Waals surface area contributed by atoms with Gasteiger partial charge in [-0.15, -0.1) is 10.2 Å². The van der Waals surface area contributed by atoms with Crippen LogP contribution in [0.3, 0.4) is 0 Å². The third-order valence-corrected chi connectivity index (χ3v) is 3.64. The minimum Gasteiger partial charge on any atom is -0.444 e. The van der Waals surface area contributed by atoms with Gasteiger partial charge in [0.25, 0.3) is 5.22 Å². The molecule has 2 aromatic rings. The van der Waals surface area contributed by atoms with Crippen molar-refractivity contribution in [3.63, 3.8) is 0 Å². The molecule has 0 aliphatic carbocycles. The molecule has 7 heteroatoms. The number of aromatic nitrogens is 2. The van der Waals surface area contributed by atoms with Gasteiger partial charge >= 0.3 is 6.09 Å². The van der Waals surface area contributed by atoms with Crippen molar-refractivity contribution in [3.05, 3.63) is 47.9 Å². The average Bonchev–Trinajstić information content (AvgIpc) is 2.99. The predicted octanol–water partition coefficient (Wildman–Crippen LogP) is 3.94. The number of carbonyl (C=O) groups is 1. The molecule has 0 atom stereocenters. The standard InChI is InChI=1S/C18H23N3O3S/c1-18(2,3)24-16(22)19-12-11-15-20-21-17(23-15)25-13-7-10-14-8-5-4-6-9-14/h4-10H,11-13H2,1-3H3,(H,19,22). The molecule has 0 unspecified atom stereocenters. The zero-order valence-corrected chi connectivity index (χ0v) is 15.5. The molecule has 0 spiro atoms. The number of hydrogen-bond donors (Lipinski definition) is 1. The normalized spacial score (nSPS) is 11.6. The Morgan fingerprint density at radius 2 is 2.04 bits per heavy atom. The highest BCUT2D eigenvalue weighted by molar-refractivity contribution is 7.99. The molecule has 1 N–H and O–H groups in total. The molecule has 0 radical (unpaired) electrons. The number of amides is 1. The van der Waals surface area contributed by atoms with Gasteiger partial charge < -0.3 is 14.5 Å². The Bertz CT molecular complexity index is 693. The number of hydrogen-bond acceptors (Lipinski definition) is 6. The Hall–Kier alpha value is -2.28. The molecule has 0 fully saturated rings. The van der Waals surface area contributed by atoms with Crippen LogP contribution in [0.25, 0.3) is 6.08 Å². The molecule has 1 aromatic heterocycles. The van der Waals surface area contributed by atoms with Crippen LogP contribution in [0, 0.1) is 0 Å². The SMILES string of the molecule is CC(C)(C)OC(=O)NCCc1nnc(SCC=Cc2ccccc2)o1. The molecule has 1 heterocycles. The van der Waals surface area contributed by atoms with E-state index in [9.17, 15) is 4.79 Å². The zero-order chi connectivity index (χ0) is 18.1. The summed E-state index contributed by atoms with van der Waals surface area (Å²) in [6.45, 7) is 5.84. The summed E-state index contributed by atoms with van der Waals surface area (Å²) in [7, 11) is 0. The van der Waals surface area contributed by atoms with E-state index in [1.807, 2.05) is 57.2 Å². The van der Waals surface area contributed by atoms with E-state index in [0.29, 0.717) is 24.1 Å². The first-order chi connectivity index (χ1) is 11.9. The van der Waals surface area contributed by atoms with E-state index in [-0.39, 0.29) is 0 Å². The van der Waals surface area contributed by atoms with Crippen molar-refractivity contribution in [3.8, 4) is 0 Å². The summed E-state index contributed by atoms with van der Waals surface area (Å²) in [6, 6.07) is 10.1. The molecule has 0 saturated carbocycles. The summed E-state index contributed by atoms with van der Waals surface area (Å²) >= 11 is 1.47. The highest BCUT2D eigenvalue weighted by atomic mass is 32.2. The van der Waals surface area contributed by atoms with Crippen molar-refractivity contribution >= 4 is 23.9 Å². The Kier molecular flexibility index (Phi) is 7.06. The van der Waals surface area contributed by atoms with Gasteiger partial charge in [-0.3, -0.25) is 0 Å². The van der Waals surface area contributed by atoms with E-state index >= 15 is 0 Å². The fraction of sp³-hybridized carbons (Fsp3) is 0.389. The number of thioether (sulfide) groups is 1. The Balaban J connectivity index is 1.68. The molecule has 0 aliphatic rings. The Morgan fingerprint density at radius 3 is 2.76 bits per heavy atom. The summed E-state index contributed by atoms with van der Waals surface area (Å²) in [5.74, 6) is 1.23. The topological polar surface area (TPSA) is 77.2 Å². The van der Waals surface area contributed by atoms with Gasteiger partial charge in [0.15, 0.2) is 0 Å². The van der Waals surface area contributed by atoms with E-state index in [4.69, 9.17) is 9.15 Å². The van der Waals surface area contributed by atoms with E-state index in [0.717, 1.165) is 11.3 Å². The second-order valence-corrected chi connectivity index (χ2v) is 7.24. The van der Waals surface area contributed by atoms with Crippen LogP contribution in [0.2, 0.25) is 0 Å². The van der Waals surface area contributed by atoms with Gasteiger partial charge in [0.2, 0.25) is 5.89 Å². The maximum Gasteiger partial charge on any atom is 0.407 e. The van der Waals surface area contributed by atoms with Crippen LogP contribution in [0.1, 0.15) is 32.2 Å². The molecular weight excluding hydrogens is 338 g/mol. The van der Waals surface area contributed by atoms with Gasteiger partial charge in [0, 0.05) is 18.7 Å². The number of carbonyl (C=O) groups excluding carboxylic acids is 1. The number of nitrogens with one attached hydrogen (secondary N) is 1. The average molecular weight is 361 g/mol. The number of benzene rings is 1. The molecule has 1 aromatic carbocycles. The van der Waals surface area contributed by atoms with Crippen molar-refractivity contribution in [2.24, 2.45) is 0 Å².